The third-order valence-corrected chi connectivity index (χ3v) is 5.19. The molecule has 188 valence electrons. The number of carbonyl (C=O) groups excluding carboxylic acids is 1. The summed E-state index contributed by atoms with van der Waals surface area (Å²) in [6.07, 6.45) is -7.02. The van der Waals surface area contributed by atoms with Crippen molar-refractivity contribution >= 4 is 24.0 Å². The fourth-order valence-electron chi connectivity index (χ4n) is 3.70. The number of hydrogen-bond donors (Lipinski definition) is 5. The molecule has 1 aliphatic rings. The fourth-order valence-corrected chi connectivity index (χ4v) is 3.70. The van der Waals surface area contributed by atoms with Gasteiger partial charge in [-0.15, -0.1) is 0 Å². The molecule has 11 heteroatoms. The maximum absolute atomic E-state index is 12.2. The van der Waals surface area contributed by atoms with Crippen LogP contribution in [0, 0.1) is 5.92 Å². The summed E-state index contributed by atoms with van der Waals surface area (Å²) in [5, 5.41) is 49.8. The summed E-state index contributed by atoms with van der Waals surface area (Å²) >= 11 is 0. The molecule has 6 atom stereocenters. The van der Waals surface area contributed by atoms with Crippen molar-refractivity contribution in [3.05, 3.63) is 42.0 Å². The predicted octanol–water partition coefficient (Wildman–Crippen LogP) is 0.411. The Balaban J connectivity index is 2.19. The summed E-state index contributed by atoms with van der Waals surface area (Å²) in [7, 11) is 0. The number of carboxylic acid groups (broad SMARTS) is 2. The molecule has 2 rings (SSSR count). The maximum Gasteiger partial charge on any atom is 0.336 e. The molecule has 5 N–H and O–H groups in total. The van der Waals surface area contributed by atoms with Crippen LogP contribution in [-0.2, 0) is 28.6 Å². The van der Waals surface area contributed by atoms with Gasteiger partial charge in [-0.25, -0.2) is 9.59 Å². The van der Waals surface area contributed by atoms with Crippen LogP contribution in [0.25, 0.3) is 6.08 Å². The van der Waals surface area contributed by atoms with Crippen LogP contribution in [0.15, 0.2) is 36.4 Å². The van der Waals surface area contributed by atoms with Crippen LogP contribution < -0.4 is 0 Å². The van der Waals surface area contributed by atoms with E-state index >= 15 is 0 Å². The van der Waals surface area contributed by atoms with E-state index in [4.69, 9.17) is 14.2 Å². The van der Waals surface area contributed by atoms with E-state index in [-0.39, 0.29) is 12.3 Å². The van der Waals surface area contributed by atoms with Gasteiger partial charge in [0.2, 0.25) is 0 Å². The Morgan fingerprint density at radius 3 is 2.29 bits per heavy atom. The van der Waals surface area contributed by atoms with E-state index in [1.165, 1.54) is 6.08 Å². The van der Waals surface area contributed by atoms with Gasteiger partial charge < -0.3 is 39.7 Å². The number of carboxylic acids is 2. The molecule has 1 aromatic rings. The van der Waals surface area contributed by atoms with Crippen LogP contribution in [0.3, 0.4) is 0 Å². The average molecular weight is 482 g/mol. The molecule has 0 radical (unpaired) electrons. The molecule has 0 unspecified atom stereocenters. The second-order valence-corrected chi connectivity index (χ2v) is 8.44. The highest BCUT2D eigenvalue weighted by Gasteiger charge is 2.52. The lowest BCUT2D eigenvalue weighted by Gasteiger charge is -2.44. The second kappa shape index (κ2) is 12.0. The second-order valence-electron chi connectivity index (χ2n) is 8.44. The van der Waals surface area contributed by atoms with Crippen LogP contribution in [0.1, 0.15) is 32.3 Å². The molecule has 1 aliphatic heterocycles. The number of aliphatic hydroxyl groups excluding tert-OH is 3. The standard InChI is InChI=1S/C23H30O11/c1-13(2)10-23(22(30)31,11-16(25)26)34-21-19(29)18(28)20(15(12-24)32-21)33-17(27)9-8-14-6-4-3-5-7-14/h3-9,13,15,18-21,24,28-29H,10-12H2,1-2H3,(H,25,26)(H,30,31)/b9-8+/t15-,18-,19-,20-,21+,23-/m1/s1. The van der Waals surface area contributed by atoms with Gasteiger partial charge in [-0.05, 0) is 24.0 Å². The van der Waals surface area contributed by atoms with Crippen LogP contribution in [0.2, 0.25) is 0 Å². The van der Waals surface area contributed by atoms with Gasteiger partial charge in [0.15, 0.2) is 18.0 Å². The number of ether oxygens (including phenoxy) is 3. The van der Waals surface area contributed by atoms with Gasteiger partial charge in [0.1, 0.15) is 18.3 Å². The monoisotopic (exact) mass is 482 g/mol. The highest BCUT2D eigenvalue weighted by molar-refractivity contribution is 5.87. The Hall–Kier alpha value is -2.83. The van der Waals surface area contributed by atoms with Gasteiger partial charge >= 0.3 is 17.9 Å². The highest BCUT2D eigenvalue weighted by Crippen LogP contribution is 2.33. The van der Waals surface area contributed by atoms with E-state index < -0.39 is 67.2 Å². The van der Waals surface area contributed by atoms with E-state index in [0.29, 0.717) is 5.56 Å². The summed E-state index contributed by atoms with van der Waals surface area (Å²) in [5.74, 6) is -4.23. The molecule has 11 nitrogen and oxygen atoms in total. The minimum absolute atomic E-state index is 0.232. The van der Waals surface area contributed by atoms with E-state index in [2.05, 4.69) is 0 Å². The van der Waals surface area contributed by atoms with Gasteiger partial charge in [0, 0.05) is 6.08 Å². The third kappa shape index (κ3) is 7.08. The van der Waals surface area contributed by atoms with Crippen molar-refractivity contribution < 1.29 is 54.1 Å². The van der Waals surface area contributed by atoms with Gasteiger partial charge in [0.05, 0.1) is 13.0 Å². The summed E-state index contributed by atoms with van der Waals surface area (Å²) in [5.41, 5.74) is -1.56. The summed E-state index contributed by atoms with van der Waals surface area (Å²) in [6, 6.07) is 8.82. The van der Waals surface area contributed by atoms with E-state index in [1.807, 2.05) is 0 Å². The zero-order valence-electron chi connectivity index (χ0n) is 18.8. The first-order valence-electron chi connectivity index (χ1n) is 10.7. The number of benzene rings is 1. The van der Waals surface area contributed by atoms with E-state index in [1.54, 1.807) is 44.2 Å². The first kappa shape index (κ1) is 27.4. The smallest absolute Gasteiger partial charge is 0.336 e. The molecule has 1 heterocycles. The van der Waals surface area contributed by atoms with Crippen LogP contribution in [0.4, 0.5) is 0 Å². The Kier molecular flexibility index (Phi) is 9.71. The zero-order valence-corrected chi connectivity index (χ0v) is 18.8. The van der Waals surface area contributed by atoms with E-state index in [0.717, 1.165) is 6.08 Å². The number of hydrogen-bond acceptors (Lipinski definition) is 9. The Labute approximate surface area is 196 Å². The van der Waals surface area contributed by atoms with Crippen molar-refractivity contribution in [2.45, 2.75) is 63.0 Å². The third-order valence-electron chi connectivity index (χ3n) is 5.19. The maximum atomic E-state index is 12.2. The van der Waals surface area contributed by atoms with Crippen LogP contribution in [0.5, 0.6) is 0 Å². The SMILES string of the molecule is CC(C)C[C@](CC(=O)O)(O[C@@H]1O[C@H](CO)[C@@H](OC(=O)/C=C/c2ccccc2)[C@H](O)[C@H]1O)C(=O)O. The van der Waals surface area contributed by atoms with Gasteiger partial charge in [-0.1, -0.05) is 44.2 Å². The summed E-state index contributed by atoms with van der Waals surface area (Å²) < 4.78 is 16.0. The Morgan fingerprint density at radius 2 is 1.76 bits per heavy atom. The number of esters is 1. The van der Waals surface area contributed by atoms with Crippen molar-refractivity contribution in [3.63, 3.8) is 0 Å². The molecule has 0 aromatic heterocycles. The lowest BCUT2D eigenvalue weighted by molar-refractivity contribution is -0.327. The van der Waals surface area contributed by atoms with Crippen LogP contribution >= 0.6 is 0 Å². The normalized spacial score (nSPS) is 26.8. The molecule has 0 bridgehead atoms. The van der Waals surface area contributed by atoms with Gasteiger partial charge in [-0.3, -0.25) is 4.79 Å². The molecule has 1 saturated heterocycles. The van der Waals surface area contributed by atoms with Gasteiger partial charge in [0.25, 0.3) is 0 Å². The van der Waals surface area contributed by atoms with Crippen molar-refractivity contribution in [3.8, 4) is 0 Å². The summed E-state index contributed by atoms with van der Waals surface area (Å²) in [6.45, 7) is 2.54. The number of aliphatic carboxylic acids is 2. The number of rotatable bonds is 11. The molecule has 1 aromatic carbocycles. The molecule has 34 heavy (non-hydrogen) atoms. The Morgan fingerprint density at radius 1 is 1.12 bits per heavy atom. The minimum Gasteiger partial charge on any atom is -0.481 e. The molecular formula is C23H30O11. The Bertz CT molecular complexity index is 867. The molecule has 0 spiro atoms. The average Bonchev–Trinajstić information content (AvgIpc) is 2.77. The van der Waals surface area contributed by atoms with Crippen molar-refractivity contribution in [2.24, 2.45) is 5.92 Å². The van der Waals surface area contributed by atoms with Crippen molar-refractivity contribution in [1.82, 2.24) is 0 Å². The summed E-state index contributed by atoms with van der Waals surface area (Å²) in [4.78, 5) is 35.6. The van der Waals surface area contributed by atoms with Crippen molar-refractivity contribution in [2.75, 3.05) is 6.61 Å². The van der Waals surface area contributed by atoms with E-state index in [9.17, 15) is 39.9 Å². The molecule has 0 aliphatic carbocycles. The quantitative estimate of drug-likeness (QED) is 0.218. The molecule has 0 saturated carbocycles. The predicted molar refractivity (Wildman–Crippen MR) is 116 cm³/mol. The molecule has 1 fully saturated rings. The lowest BCUT2D eigenvalue weighted by Crippen LogP contribution is -2.62. The molecule has 0 amide bonds. The molecular weight excluding hydrogens is 452 g/mol. The largest absolute Gasteiger partial charge is 0.481 e. The van der Waals surface area contributed by atoms with Crippen LogP contribution in [-0.4, -0.2) is 86.4 Å². The number of carbonyl (C=O) groups is 3. The van der Waals surface area contributed by atoms with Gasteiger partial charge in [-0.2, -0.15) is 0 Å². The zero-order chi connectivity index (χ0) is 25.5. The first-order chi connectivity index (χ1) is 16.0. The highest BCUT2D eigenvalue weighted by atomic mass is 16.7. The van der Waals surface area contributed by atoms with Crippen molar-refractivity contribution in [1.29, 1.82) is 0 Å². The topological polar surface area (TPSA) is 180 Å². The first-order valence-corrected chi connectivity index (χ1v) is 10.7. The fraction of sp³-hybridized carbons (Fsp3) is 0.522. The minimum atomic E-state index is -2.27. The lowest BCUT2D eigenvalue weighted by atomic mass is 9.88. The number of aliphatic hydroxyl groups is 3.